The summed E-state index contributed by atoms with van der Waals surface area (Å²) >= 11 is 0. The van der Waals surface area contributed by atoms with Crippen molar-refractivity contribution in [3.05, 3.63) is 35.9 Å². The van der Waals surface area contributed by atoms with Crippen molar-refractivity contribution in [2.75, 3.05) is 13.1 Å². The molecule has 2 nitrogen and oxygen atoms in total. The Morgan fingerprint density at radius 1 is 1.18 bits per heavy atom. The molecular weight excluding hydrogens is 210 g/mol. The van der Waals surface area contributed by atoms with Crippen molar-refractivity contribution in [3.63, 3.8) is 0 Å². The highest BCUT2D eigenvalue weighted by Crippen LogP contribution is 2.19. The highest BCUT2D eigenvalue weighted by atomic mass is 16.5. The second kappa shape index (κ2) is 8.26. The first-order valence-corrected chi connectivity index (χ1v) is 6.69. The van der Waals surface area contributed by atoms with Crippen molar-refractivity contribution in [1.29, 1.82) is 0 Å². The molecule has 0 saturated carbocycles. The van der Waals surface area contributed by atoms with E-state index in [0.29, 0.717) is 6.10 Å². The summed E-state index contributed by atoms with van der Waals surface area (Å²) < 4.78 is 6.07. The van der Waals surface area contributed by atoms with E-state index in [-0.39, 0.29) is 6.10 Å². The number of benzene rings is 1. The van der Waals surface area contributed by atoms with Crippen LogP contribution in [-0.2, 0) is 4.74 Å². The Morgan fingerprint density at radius 2 is 1.88 bits per heavy atom. The zero-order valence-electron chi connectivity index (χ0n) is 11.3. The standard InChI is InChI=1S/C15H25NO/c1-4-11-16-12-15(17-13(3)5-2)14-9-7-6-8-10-14/h6-10,13,15-16H,4-5,11-12H2,1-3H3. The summed E-state index contributed by atoms with van der Waals surface area (Å²) in [5, 5.41) is 3.44. The van der Waals surface area contributed by atoms with Crippen LogP contribution in [0.25, 0.3) is 0 Å². The van der Waals surface area contributed by atoms with Crippen molar-refractivity contribution in [2.24, 2.45) is 0 Å². The van der Waals surface area contributed by atoms with E-state index < -0.39 is 0 Å². The fourth-order valence-corrected chi connectivity index (χ4v) is 1.70. The maximum atomic E-state index is 6.07. The van der Waals surface area contributed by atoms with Crippen molar-refractivity contribution in [3.8, 4) is 0 Å². The van der Waals surface area contributed by atoms with Gasteiger partial charge in [-0.3, -0.25) is 0 Å². The number of hydrogen-bond acceptors (Lipinski definition) is 2. The average molecular weight is 235 g/mol. The molecule has 17 heavy (non-hydrogen) atoms. The topological polar surface area (TPSA) is 21.3 Å². The van der Waals surface area contributed by atoms with Gasteiger partial charge in [0.15, 0.2) is 0 Å². The van der Waals surface area contributed by atoms with Crippen molar-refractivity contribution < 1.29 is 4.74 Å². The Bertz CT molecular complexity index is 286. The molecule has 0 aliphatic heterocycles. The molecule has 1 aromatic carbocycles. The maximum absolute atomic E-state index is 6.07. The van der Waals surface area contributed by atoms with Crippen molar-refractivity contribution in [2.45, 2.75) is 45.8 Å². The van der Waals surface area contributed by atoms with Crippen LogP contribution < -0.4 is 5.32 Å². The predicted octanol–water partition coefficient (Wildman–Crippen LogP) is 3.54. The zero-order valence-corrected chi connectivity index (χ0v) is 11.3. The smallest absolute Gasteiger partial charge is 0.0952 e. The Balaban J connectivity index is 2.58. The van der Waals surface area contributed by atoms with Gasteiger partial charge in [-0.25, -0.2) is 0 Å². The third kappa shape index (κ3) is 5.33. The van der Waals surface area contributed by atoms with E-state index in [9.17, 15) is 0 Å². The van der Waals surface area contributed by atoms with Crippen LogP contribution in [0.2, 0.25) is 0 Å². The second-order valence-electron chi connectivity index (χ2n) is 4.46. The molecule has 0 spiro atoms. The van der Waals surface area contributed by atoms with E-state index in [1.54, 1.807) is 0 Å². The van der Waals surface area contributed by atoms with Gasteiger partial charge in [-0.15, -0.1) is 0 Å². The molecular formula is C15H25NO. The normalized spacial score (nSPS) is 14.5. The molecule has 1 N–H and O–H groups in total. The second-order valence-corrected chi connectivity index (χ2v) is 4.46. The number of hydrogen-bond donors (Lipinski definition) is 1. The van der Waals surface area contributed by atoms with E-state index in [1.165, 1.54) is 5.56 Å². The van der Waals surface area contributed by atoms with Gasteiger partial charge in [0.25, 0.3) is 0 Å². The molecule has 0 radical (unpaired) electrons. The van der Waals surface area contributed by atoms with Crippen LogP contribution in [0.4, 0.5) is 0 Å². The third-order valence-electron chi connectivity index (χ3n) is 2.90. The zero-order chi connectivity index (χ0) is 12.5. The monoisotopic (exact) mass is 235 g/mol. The van der Waals surface area contributed by atoms with Gasteiger partial charge in [0.1, 0.15) is 0 Å². The molecule has 0 bridgehead atoms. The van der Waals surface area contributed by atoms with Crippen LogP contribution in [0, 0.1) is 0 Å². The molecule has 1 rings (SSSR count). The summed E-state index contributed by atoms with van der Waals surface area (Å²) in [7, 11) is 0. The molecule has 0 heterocycles. The van der Waals surface area contributed by atoms with E-state index in [4.69, 9.17) is 4.74 Å². The summed E-state index contributed by atoms with van der Waals surface area (Å²) in [5.41, 5.74) is 1.26. The molecule has 0 aliphatic rings. The summed E-state index contributed by atoms with van der Waals surface area (Å²) in [6.45, 7) is 8.41. The van der Waals surface area contributed by atoms with Crippen molar-refractivity contribution >= 4 is 0 Å². The highest BCUT2D eigenvalue weighted by molar-refractivity contribution is 5.18. The Labute approximate surface area is 105 Å². The van der Waals surface area contributed by atoms with Gasteiger partial charge in [0.2, 0.25) is 0 Å². The molecule has 2 unspecified atom stereocenters. The molecule has 0 aliphatic carbocycles. The minimum atomic E-state index is 0.165. The Hall–Kier alpha value is -0.860. The average Bonchev–Trinajstić information content (AvgIpc) is 2.38. The van der Waals surface area contributed by atoms with E-state index in [2.05, 4.69) is 50.4 Å². The van der Waals surface area contributed by atoms with Crippen LogP contribution in [0.3, 0.4) is 0 Å². The Morgan fingerprint density at radius 3 is 2.47 bits per heavy atom. The lowest BCUT2D eigenvalue weighted by Crippen LogP contribution is -2.26. The van der Waals surface area contributed by atoms with Gasteiger partial charge in [0.05, 0.1) is 12.2 Å². The fourth-order valence-electron chi connectivity index (χ4n) is 1.70. The van der Waals surface area contributed by atoms with Gasteiger partial charge in [0, 0.05) is 6.54 Å². The van der Waals surface area contributed by atoms with Crippen molar-refractivity contribution in [1.82, 2.24) is 5.32 Å². The summed E-state index contributed by atoms with van der Waals surface area (Å²) in [6.07, 6.45) is 2.68. The molecule has 1 aromatic rings. The van der Waals surface area contributed by atoms with Gasteiger partial charge >= 0.3 is 0 Å². The third-order valence-corrected chi connectivity index (χ3v) is 2.90. The quantitative estimate of drug-likeness (QED) is 0.696. The molecule has 0 amide bonds. The fraction of sp³-hybridized carbons (Fsp3) is 0.600. The van der Waals surface area contributed by atoms with E-state index in [0.717, 1.165) is 25.9 Å². The van der Waals surface area contributed by atoms with E-state index >= 15 is 0 Å². The van der Waals surface area contributed by atoms with Gasteiger partial charge in [-0.1, -0.05) is 44.2 Å². The predicted molar refractivity (Wildman–Crippen MR) is 73.2 cm³/mol. The summed E-state index contributed by atoms with van der Waals surface area (Å²) in [5.74, 6) is 0. The minimum absolute atomic E-state index is 0.165. The van der Waals surface area contributed by atoms with Crippen LogP contribution in [0.1, 0.15) is 45.3 Å². The Kier molecular flexibility index (Phi) is 6.90. The lowest BCUT2D eigenvalue weighted by Gasteiger charge is -2.22. The number of rotatable bonds is 8. The van der Waals surface area contributed by atoms with Gasteiger partial charge < -0.3 is 10.1 Å². The summed E-state index contributed by atoms with van der Waals surface area (Å²) in [6, 6.07) is 10.5. The van der Waals surface area contributed by atoms with E-state index in [1.807, 2.05) is 6.07 Å². The number of ether oxygens (including phenoxy) is 1. The first-order chi connectivity index (χ1) is 8.27. The molecule has 96 valence electrons. The lowest BCUT2D eigenvalue weighted by molar-refractivity contribution is -0.00440. The number of nitrogens with one attached hydrogen (secondary N) is 1. The largest absolute Gasteiger partial charge is 0.369 e. The molecule has 0 aromatic heterocycles. The van der Waals surface area contributed by atoms with Crippen LogP contribution in [0.15, 0.2) is 30.3 Å². The van der Waals surface area contributed by atoms with Gasteiger partial charge in [-0.05, 0) is 31.9 Å². The highest BCUT2D eigenvalue weighted by Gasteiger charge is 2.13. The molecule has 0 saturated heterocycles. The first-order valence-electron chi connectivity index (χ1n) is 6.69. The summed E-state index contributed by atoms with van der Waals surface area (Å²) in [4.78, 5) is 0. The molecule has 2 atom stereocenters. The molecule has 2 heteroatoms. The minimum Gasteiger partial charge on any atom is -0.369 e. The first kappa shape index (κ1) is 14.2. The molecule has 0 fully saturated rings. The lowest BCUT2D eigenvalue weighted by atomic mass is 10.1. The maximum Gasteiger partial charge on any atom is 0.0952 e. The van der Waals surface area contributed by atoms with Crippen LogP contribution in [0.5, 0.6) is 0 Å². The van der Waals surface area contributed by atoms with Gasteiger partial charge in [-0.2, -0.15) is 0 Å². The SMILES string of the molecule is CCCNCC(OC(C)CC)c1ccccc1. The van der Waals surface area contributed by atoms with Crippen LogP contribution in [-0.4, -0.2) is 19.2 Å². The van der Waals surface area contributed by atoms with Crippen LogP contribution >= 0.6 is 0 Å².